The normalized spacial score (nSPS) is 11.5. The van der Waals surface area contributed by atoms with Gasteiger partial charge in [-0.2, -0.15) is 0 Å². The Kier molecular flexibility index (Phi) is 6.90. The first-order valence-corrected chi connectivity index (χ1v) is 5.82. The minimum Gasteiger partial charge on any atom is -0.469 e. The van der Waals surface area contributed by atoms with Crippen molar-refractivity contribution >= 4 is 5.96 Å². The number of nitrogens with one attached hydrogen (secondary N) is 2. The summed E-state index contributed by atoms with van der Waals surface area (Å²) in [7, 11) is 3.47. The molecular weight excluding hydrogens is 218 g/mol. The predicted octanol–water partition coefficient (Wildman–Crippen LogP) is 1.02. The number of furan rings is 1. The molecule has 0 bridgehead atoms. The van der Waals surface area contributed by atoms with Gasteiger partial charge in [0.1, 0.15) is 5.76 Å². The number of guanidine groups is 1. The number of nitrogens with zero attached hydrogens (tertiary/aromatic N) is 1. The predicted molar refractivity (Wildman–Crippen MR) is 68.3 cm³/mol. The summed E-state index contributed by atoms with van der Waals surface area (Å²) in [6, 6.07) is 3.86. The van der Waals surface area contributed by atoms with Crippen molar-refractivity contribution in [1.82, 2.24) is 10.6 Å². The molecule has 0 fully saturated rings. The highest BCUT2D eigenvalue weighted by Gasteiger charge is 1.98. The highest BCUT2D eigenvalue weighted by molar-refractivity contribution is 5.79. The van der Waals surface area contributed by atoms with Crippen molar-refractivity contribution in [3.05, 3.63) is 24.2 Å². The second kappa shape index (κ2) is 8.64. The van der Waals surface area contributed by atoms with Crippen LogP contribution in [-0.2, 0) is 11.2 Å². The van der Waals surface area contributed by atoms with Gasteiger partial charge in [0.2, 0.25) is 0 Å². The zero-order valence-corrected chi connectivity index (χ0v) is 10.5. The lowest BCUT2D eigenvalue weighted by Gasteiger charge is -2.10. The molecule has 1 heterocycles. The average molecular weight is 239 g/mol. The van der Waals surface area contributed by atoms with E-state index in [9.17, 15) is 0 Å². The van der Waals surface area contributed by atoms with Crippen LogP contribution in [0.25, 0.3) is 0 Å². The summed E-state index contributed by atoms with van der Waals surface area (Å²) in [5, 5.41) is 6.44. The molecule has 5 heteroatoms. The van der Waals surface area contributed by atoms with E-state index in [0.717, 1.165) is 44.3 Å². The summed E-state index contributed by atoms with van der Waals surface area (Å²) >= 11 is 0. The van der Waals surface area contributed by atoms with Crippen LogP contribution in [0.3, 0.4) is 0 Å². The number of aliphatic imine (C=N–C) groups is 1. The van der Waals surface area contributed by atoms with Crippen molar-refractivity contribution in [2.45, 2.75) is 12.8 Å². The molecule has 0 spiro atoms. The van der Waals surface area contributed by atoms with Gasteiger partial charge in [0.05, 0.1) is 6.26 Å². The third kappa shape index (κ3) is 5.97. The molecule has 0 radical (unpaired) electrons. The lowest BCUT2D eigenvalue weighted by Crippen LogP contribution is -2.38. The van der Waals surface area contributed by atoms with Gasteiger partial charge in [0.25, 0.3) is 0 Å². The Morgan fingerprint density at radius 1 is 1.41 bits per heavy atom. The smallest absolute Gasteiger partial charge is 0.190 e. The van der Waals surface area contributed by atoms with Crippen LogP contribution in [0.1, 0.15) is 12.2 Å². The van der Waals surface area contributed by atoms with Crippen LogP contribution in [0.5, 0.6) is 0 Å². The SMILES string of the molecule is CN=C(NCCCOC)NCCc1ccco1. The van der Waals surface area contributed by atoms with Crippen LogP contribution in [0, 0.1) is 0 Å². The fourth-order valence-electron chi connectivity index (χ4n) is 1.40. The monoisotopic (exact) mass is 239 g/mol. The van der Waals surface area contributed by atoms with E-state index in [1.165, 1.54) is 0 Å². The molecule has 17 heavy (non-hydrogen) atoms. The van der Waals surface area contributed by atoms with E-state index in [1.807, 2.05) is 12.1 Å². The molecular formula is C12H21N3O2. The summed E-state index contributed by atoms with van der Waals surface area (Å²) in [6.45, 7) is 2.42. The molecule has 5 nitrogen and oxygen atoms in total. The van der Waals surface area contributed by atoms with E-state index in [1.54, 1.807) is 20.4 Å². The fourth-order valence-corrected chi connectivity index (χ4v) is 1.40. The van der Waals surface area contributed by atoms with E-state index in [0.29, 0.717) is 0 Å². The molecule has 0 atom stereocenters. The Balaban J connectivity index is 2.10. The standard InChI is InChI=1S/C12H21N3O2/c1-13-12(14-7-4-9-16-2)15-8-6-11-5-3-10-17-11/h3,5,10H,4,6-9H2,1-2H3,(H2,13,14,15). The van der Waals surface area contributed by atoms with Crippen LogP contribution in [0.4, 0.5) is 0 Å². The second-order valence-electron chi connectivity index (χ2n) is 3.60. The van der Waals surface area contributed by atoms with Gasteiger partial charge < -0.3 is 19.8 Å². The number of ether oxygens (including phenoxy) is 1. The highest BCUT2D eigenvalue weighted by atomic mass is 16.5. The Hall–Kier alpha value is -1.49. The molecule has 0 amide bonds. The topological polar surface area (TPSA) is 58.8 Å². The Morgan fingerprint density at radius 2 is 2.24 bits per heavy atom. The average Bonchev–Trinajstić information content (AvgIpc) is 2.85. The van der Waals surface area contributed by atoms with E-state index in [4.69, 9.17) is 9.15 Å². The molecule has 1 aromatic rings. The molecule has 96 valence electrons. The van der Waals surface area contributed by atoms with Gasteiger partial charge in [-0.05, 0) is 18.6 Å². The molecule has 0 saturated carbocycles. The van der Waals surface area contributed by atoms with Gasteiger partial charge in [0.15, 0.2) is 5.96 Å². The Bertz CT molecular complexity index is 310. The Morgan fingerprint density at radius 3 is 2.88 bits per heavy atom. The van der Waals surface area contributed by atoms with Crippen LogP contribution >= 0.6 is 0 Å². The van der Waals surface area contributed by atoms with Gasteiger partial charge in [0, 0.05) is 40.3 Å². The lowest BCUT2D eigenvalue weighted by molar-refractivity contribution is 0.195. The van der Waals surface area contributed by atoms with Crippen molar-refractivity contribution < 1.29 is 9.15 Å². The summed E-state index contributed by atoms with van der Waals surface area (Å²) in [5.74, 6) is 1.79. The fraction of sp³-hybridized carbons (Fsp3) is 0.583. The third-order valence-corrected chi connectivity index (χ3v) is 2.29. The van der Waals surface area contributed by atoms with Gasteiger partial charge in [-0.3, -0.25) is 4.99 Å². The number of hydrogen-bond donors (Lipinski definition) is 2. The minimum atomic E-state index is 0.760. The number of rotatable bonds is 7. The molecule has 0 aliphatic carbocycles. The molecule has 0 saturated heterocycles. The maximum absolute atomic E-state index is 5.25. The number of methoxy groups -OCH3 is 1. The van der Waals surface area contributed by atoms with Crippen molar-refractivity contribution in [2.75, 3.05) is 33.9 Å². The first-order chi connectivity index (χ1) is 8.36. The summed E-state index contributed by atoms with van der Waals surface area (Å²) < 4.78 is 10.2. The van der Waals surface area contributed by atoms with E-state index in [2.05, 4.69) is 15.6 Å². The third-order valence-electron chi connectivity index (χ3n) is 2.29. The molecule has 1 rings (SSSR count). The number of hydrogen-bond acceptors (Lipinski definition) is 3. The quantitative estimate of drug-likeness (QED) is 0.424. The van der Waals surface area contributed by atoms with E-state index < -0.39 is 0 Å². The zero-order valence-electron chi connectivity index (χ0n) is 10.5. The maximum atomic E-state index is 5.25. The van der Waals surface area contributed by atoms with Gasteiger partial charge >= 0.3 is 0 Å². The second-order valence-corrected chi connectivity index (χ2v) is 3.60. The van der Waals surface area contributed by atoms with Gasteiger partial charge in [-0.15, -0.1) is 0 Å². The Labute approximate surface area is 102 Å². The van der Waals surface area contributed by atoms with E-state index in [-0.39, 0.29) is 0 Å². The summed E-state index contributed by atoms with van der Waals surface area (Å²) in [6.07, 6.45) is 3.51. The molecule has 0 unspecified atom stereocenters. The minimum absolute atomic E-state index is 0.760. The van der Waals surface area contributed by atoms with Crippen LogP contribution in [0.2, 0.25) is 0 Å². The van der Waals surface area contributed by atoms with Crippen molar-refractivity contribution in [1.29, 1.82) is 0 Å². The van der Waals surface area contributed by atoms with Crippen LogP contribution in [-0.4, -0.2) is 39.8 Å². The molecule has 2 N–H and O–H groups in total. The van der Waals surface area contributed by atoms with Gasteiger partial charge in [-0.25, -0.2) is 0 Å². The highest BCUT2D eigenvalue weighted by Crippen LogP contribution is 1.99. The first kappa shape index (κ1) is 13.6. The van der Waals surface area contributed by atoms with Crippen molar-refractivity contribution in [2.24, 2.45) is 4.99 Å². The van der Waals surface area contributed by atoms with Crippen LogP contribution in [0.15, 0.2) is 27.8 Å². The summed E-state index contributed by atoms with van der Waals surface area (Å²) in [4.78, 5) is 4.13. The van der Waals surface area contributed by atoms with E-state index >= 15 is 0 Å². The van der Waals surface area contributed by atoms with Gasteiger partial charge in [-0.1, -0.05) is 0 Å². The van der Waals surface area contributed by atoms with Crippen LogP contribution < -0.4 is 10.6 Å². The lowest BCUT2D eigenvalue weighted by atomic mass is 10.3. The molecule has 0 aliphatic rings. The maximum Gasteiger partial charge on any atom is 0.190 e. The van der Waals surface area contributed by atoms with Crippen molar-refractivity contribution in [3.63, 3.8) is 0 Å². The van der Waals surface area contributed by atoms with Crippen molar-refractivity contribution in [3.8, 4) is 0 Å². The first-order valence-electron chi connectivity index (χ1n) is 5.82. The molecule has 1 aromatic heterocycles. The molecule has 0 aliphatic heterocycles. The summed E-state index contributed by atoms with van der Waals surface area (Å²) in [5.41, 5.74) is 0. The largest absolute Gasteiger partial charge is 0.469 e. The molecule has 0 aromatic carbocycles. The zero-order chi connectivity index (χ0) is 12.3.